The number of benzene rings is 1. The minimum Gasteiger partial charge on any atom is -0.508 e. The van der Waals surface area contributed by atoms with Crippen molar-refractivity contribution >= 4 is 35.6 Å². The summed E-state index contributed by atoms with van der Waals surface area (Å²) in [5.74, 6) is -8.87. The van der Waals surface area contributed by atoms with E-state index in [1.165, 1.54) is 25.1 Å². The Hall–Kier alpha value is -2.96. The third-order valence-corrected chi connectivity index (χ3v) is 6.99. The number of aliphatic hydroxyl groups is 5. The zero-order valence-electron chi connectivity index (χ0n) is 20.2. The number of hydrogen-bond acceptors (Lipinski definition) is 10. The molecule has 0 aliphatic heterocycles. The Bertz CT molecular complexity index is 1160. The van der Waals surface area contributed by atoms with Crippen LogP contribution < -0.4 is 5.73 Å². The highest BCUT2D eigenvalue weighted by Crippen LogP contribution is 2.55. The van der Waals surface area contributed by atoms with Crippen molar-refractivity contribution in [1.29, 1.82) is 0 Å². The van der Waals surface area contributed by atoms with Gasteiger partial charge in [-0.1, -0.05) is 19.1 Å². The fraction of sp³-hybridized carbons (Fsp3) is 0.458. The summed E-state index contributed by atoms with van der Waals surface area (Å²) >= 11 is 0. The van der Waals surface area contributed by atoms with Gasteiger partial charge in [-0.15, -0.1) is 12.4 Å². The van der Waals surface area contributed by atoms with E-state index in [1.807, 2.05) is 0 Å². The van der Waals surface area contributed by atoms with E-state index in [-0.39, 0.29) is 30.3 Å². The third-order valence-electron chi connectivity index (χ3n) is 6.99. The molecule has 12 heteroatoms. The van der Waals surface area contributed by atoms with Crippen molar-refractivity contribution in [3.8, 4) is 5.75 Å². The first-order valence-electron chi connectivity index (χ1n) is 11.0. The van der Waals surface area contributed by atoms with E-state index in [4.69, 9.17) is 10.8 Å². The Morgan fingerprint density at radius 2 is 1.72 bits per heavy atom. The summed E-state index contributed by atoms with van der Waals surface area (Å²) in [7, 11) is 2.92. The Morgan fingerprint density at radius 3 is 2.22 bits per heavy atom. The number of fused-ring (bicyclic) bond motifs is 3. The summed E-state index contributed by atoms with van der Waals surface area (Å²) in [5, 5.41) is 62.5. The summed E-state index contributed by atoms with van der Waals surface area (Å²) in [5.41, 5.74) is 1.47. The number of phenols is 1. The van der Waals surface area contributed by atoms with Gasteiger partial charge in [0, 0.05) is 18.1 Å². The van der Waals surface area contributed by atoms with Crippen LogP contribution >= 0.6 is 12.4 Å². The molecule has 11 nitrogen and oxygen atoms in total. The molecule has 1 amide bonds. The van der Waals surface area contributed by atoms with Crippen LogP contribution in [0.5, 0.6) is 5.75 Å². The summed E-state index contributed by atoms with van der Waals surface area (Å²) in [6, 6.07) is 3.13. The van der Waals surface area contributed by atoms with Gasteiger partial charge in [0.1, 0.15) is 22.8 Å². The van der Waals surface area contributed by atoms with Gasteiger partial charge >= 0.3 is 0 Å². The van der Waals surface area contributed by atoms with E-state index >= 15 is 0 Å². The molecule has 36 heavy (non-hydrogen) atoms. The molecule has 8 N–H and O–H groups in total. The second kappa shape index (κ2) is 10.2. The molecular weight excluding hydrogens is 496 g/mol. The van der Waals surface area contributed by atoms with E-state index in [2.05, 4.69) is 0 Å². The molecule has 1 aromatic carbocycles. The monoisotopic (exact) mass is 526 g/mol. The van der Waals surface area contributed by atoms with Crippen LogP contribution in [0.15, 0.2) is 35.1 Å². The number of aliphatic hydroxyl groups excluding tert-OH is 4. The van der Waals surface area contributed by atoms with Crippen molar-refractivity contribution in [2.45, 2.75) is 37.5 Å². The molecule has 198 valence electrons. The number of nitrogens with two attached hydrogens (primary N) is 1. The van der Waals surface area contributed by atoms with E-state index in [9.17, 15) is 39.9 Å². The van der Waals surface area contributed by atoms with E-state index in [1.54, 1.807) is 26.0 Å². The Kier molecular flexibility index (Phi) is 8.29. The first-order valence-corrected chi connectivity index (χ1v) is 11.0. The number of ketones is 2. The molecule has 2 unspecified atom stereocenters. The van der Waals surface area contributed by atoms with Crippen molar-refractivity contribution < 1.29 is 45.0 Å². The van der Waals surface area contributed by atoms with Crippen LogP contribution in [0, 0.1) is 11.8 Å². The van der Waals surface area contributed by atoms with Crippen LogP contribution in [-0.4, -0.2) is 91.5 Å². The normalized spacial score (nSPS) is 31.1. The van der Waals surface area contributed by atoms with Gasteiger partial charge in [0.2, 0.25) is 5.78 Å². The number of likely N-dealkylation sites (N-methyl/N-ethyl adjacent to an activating group) is 1. The van der Waals surface area contributed by atoms with Crippen LogP contribution in [0.3, 0.4) is 0 Å². The minimum atomic E-state index is -2.89. The van der Waals surface area contributed by atoms with Gasteiger partial charge in [-0.25, -0.2) is 0 Å². The lowest BCUT2D eigenvalue weighted by Gasteiger charge is -2.53. The second-order valence-corrected chi connectivity index (χ2v) is 9.11. The quantitative estimate of drug-likeness (QED) is 0.255. The number of primary amides is 1. The maximum absolute atomic E-state index is 13.7. The fourth-order valence-electron chi connectivity index (χ4n) is 5.58. The van der Waals surface area contributed by atoms with E-state index in [0.717, 1.165) is 0 Å². The highest BCUT2D eigenvalue weighted by atomic mass is 35.5. The number of hydrogen-bond donors (Lipinski definition) is 7. The molecule has 6 atom stereocenters. The van der Waals surface area contributed by atoms with Crippen molar-refractivity contribution in [3.63, 3.8) is 0 Å². The van der Waals surface area contributed by atoms with Gasteiger partial charge in [0.15, 0.2) is 11.4 Å². The summed E-state index contributed by atoms with van der Waals surface area (Å²) in [4.78, 5) is 40.0. The topological polar surface area (TPSA) is 202 Å². The number of nitrogens with zero attached hydrogens (tertiary/aromatic N) is 1. The number of halogens is 1. The number of aromatic hydroxyl groups is 1. The van der Waals surface area contributed by atoms with Gasteiger partial charge < -0.3 is 36.4 Å². The number of amides is 1. The largest absolute Gasteiger partial charge is 0.508 e. The summed E-state index contributed by atoms with van der Waals surface area (Å²) < 4.78 is 0. The van der Waals surface area contributed by atoms with Crippen LogP contribution in [0.25, 0.3) is 5.76 Å². The lowest BCUT2D eigenvalue weighted by atomic mass is 9.54. The number of rotatable bonds is 2. The number of phenolic OH excluding ortho intramolecular Hbond substituents is 1. The number of carbonyl (C=O) groups is 3. The lowest BCUT2D eigenvalue weighted by molar-refractivity contribution is -0.169. The molecule has 0 spiro atoms. The molecule has 3 aliphatic carbocycles. The van der Waals surface area contributed by atoms with E-state index in [0.29, 0.717) is 5.56 Å². The summed E-state index contributed by atoms with van der Waals surface area (Å²) in [6.45, 7) is 3.61. The maximum Gasteiger partial charge on any atom is 0.255 e. The Morgan fingerprint density at radius 1 is 1.17 bits per heavy atom. The molecule has 4 rings (SSSR count). The SMILES string of the molecule is CCO.C[C@H]1c2cccc(O)c2C(O)=C2C(=O)[C@]3(O)C(O)=C(C(N)=O)C(=O)[C@@H](N(C)C)C3[C@@H](O)C21.Cl. The van der Waals surface area contributed by atoms with Gasteiger partial charge in [0.25, 0.3) is 5.91 Å². The highest BCUT2D eigenvalue weighted by Gasteiger charge is 2.68. The molecule has 0 bridgehead atoms. The average molecular weight is 527 g/mol. The molecular formula is C24H31ClN2O9. The molecule has 1 aromatic rings. The van der Waals surface area contributed by atoms with Crippen molar-refractivity contribution in [2.24, 2.45) is 17.6 Å². The number of carbonyl (C=O) groups excluding carboxylic acids is 3. The summed E-state index contributed by atoms with van der Waals surface area (Å²) in [6.07, 6.45) is -1.59. The third kappa shape index (κ3) is 3.87. The van der Waals surface area contributed by atoms with Gasteiger partial charge in [-0.2, -0.15) is 0 Å². The molecule has 1 saturated carbocycles. The minimum absolute atomic E-state index is 0. The molecule has 0 radical (unpaired) electrons. The molecule has 1 fully saturated rings. The molecule has 0 aromatic heterocycles. The second-order valence-electron chi connectivity index (χ2n) is 9.11. The lowest BCUT2D eigenvalue weighted by Crippen LogP contribution is -2.70. The predicted molar refractivity (Wildman–Crippen MR) is 130 cm³/mol. The average Bonchev–Trinajstić information content (AvgIpc) is 2.76. The Balaban J connectivity index is 0.00000109. The molecule has 0 saturated heterocycles. The molecule has 0 heterocycles. The van der Waals surface area contributed by atoms with Crippen molar-refractivity contribution in [1.82, 2.24) is 4.90 Å². The zero-order valence-corrected chi connectivity index (χ0v) is 21.0. The fourth-order valence-corrected chi connectivity index (χ4v) is 5.58. The molecule has 3 aliphatic rings. The van der Waals surface area contributed by atoms with Crippen LogP contribution in [-0.2, 0) is 14.4 Å². The van der Waals surface area contributed by atoms with Crippen molar-refractivity contribution in [2.75, 3.05) is 20.7 Å². The van der Waals surface area contributed by atoms with Crippen LogP contribution in [0.4, 0.5) is 0 Å². The smallest absolute Gasteiger partial charge is 0.255 e. The van der Waals surface area contributed by atoms with Gasteiger partial charge in [-0.05, 0) is 38.6 Å². The maximum atomic E-state index is 13.7. The number of Topliss-reactive ketones (excluding diaryl/α,β-unsaturated/α-hetero) is 2. The van der Waals surface area contributed by atoms with Crippen LogP contribution in [0.2, 0.25) is 0 Å². The highest BCUT2D eigenvalue weighted by molar-refractivity contribution is 6.24. The zero-order chi connectivity index (χ0) is 26.6. The van der Waals surface area contributed by atoms with Gasteiger partial charge in [0.05, 0.1) is 23.6 Å². The van der Waals surface area contributed by atoms with E-state index < -0.39 is 75.6 Å². The first-order chi connectivity index (χ1) is 16.3. The predicted octanol–water partition coefficient (Wildman–Crippen LogP) is -0.0838. The van der Waals surface area contributed by atoms with Gasteiger partial charge in [-0.3, -0.25) is 19.3 Å². The Labute approximate surface area is 213 Å². The first kappa shape index (κ1) is 29.3. The van der Waals surface area contributed by atoms with Crippen LogP contribution in [0.1, 0.15) is 30.9 Å². The van der Waals surface area contributed by atoms with Crippen molar-refractivity contribution in [3.05, 3.63) is 46.2 Å². The standard InChI is InChI=1S/C22H24N2O8.C2H6O.ClH/c1-7-8-5-4-6-9(25)11(8)16(26)12-10(7)17(27)14-15(24(2)3)18(28)13(21(23)31)20(30)22(14,32)19(12)29;1-2-3;/h4-7,10,14-15,17,25-27,30,32H,1-3H3,(H2,23,31);3H,2H2,1H3;1H/t7-,10?,14?,15-,17-,22-;;/m0../s1.